The van der Waals surface area contributed by atoms with Crippen molar-refractivity contribution in [2.45, 2.75) is 6.92 Å². The van der Waals surface area contributed by atoms with Crippen LogP contribution >= 0.6 is 27.5 Å². The molecule has 0 aliphatic carbocycles. The normalized spacial score (nSPS) is 13.9. The molecule has 0 aromatic heterocycles. The molecule has 0 bridgehead atoms. The fourth-order valence-electron chi connectivity index (χ4n) is 3.04. The van der Waals surface area contributed by atoms with E-state index in [1.165, 1.54) is 36.4 Å². The molecule has 0 unspecified atom stereocenters. The topological polar surface area (TPSA) is 52.6 Å². The van der Waals surface area contributed by atoms with E-state index in [0.717, 1.165) is 0 Å². The van der Waals surface area contributed by atoms with E-state index in [1.54, 1.807) is 31.2 Å². The third kappa shape index (κ3) is 3.64. The van der Waals surface area contributed by atoms with Gasteiger partial charge in [0.25, 0.3) is 0 Å². The van der Waals surface area contributed by atoms with Crippen molar-refractivity contribution in [3.8, 4) is 11.5 Å². The Hall–Kier alpha value is -2.96. The van der Waals surface area contributed by atoms with E-state index >= 15 is 0 Å². The number of fused-ring (bicyclic) bond motifs is 1. The van der Waals surface area contributed by atoms with E-state index in [2.05, 4.69) is 15.9 Å². The van der Waals surface area contributed by atoms with Gasteiger partial charge in [0.05, 0.1) is 16.1 Å². The van der Waals surface area contributed by atoms with Crippen molar-refractivity contribution in [1.29, 1.82) is 0 Å². The minimum absolute atomic E-state index is 0.0608. The van der Waals surface area contributed by atoms with Gasteiger partial charge in [0.2, 0.25) is 5.78 Å². The zero-order valence-electron chi connectivity index (χ0n) is 15.5. The van der Waals surface area contributed by atoms with Crippen LogP contribution in [-0.4, -0.2) is 11.8 Å². The Morgan fingerprint density at radius 1 is 1.13 bits per heavy atom. The van der Waals surface area contributed by atoms with Gasteiger partial charge in [0.1, 0.15) is 17.3 Å². The number of rotatable bonds is 3. The van der Waals surface area contributed by atoms with Crippen molar-refractivity contribution in [2.75, 3.05) is 0 Å². The van der Waals surface area contributed by atoms with E-state index in [1.807, 2.05) is 0 Å². The smallest absolute Gasteiger partial charge is 0.344 e. The first-order valence-corrected chi connectivity index (χ1v) is 10.0. The van der Waals surface area contributed by atoms with Gasteiger partial charge >= 0.3 is 5.97 Å². The molecule has 0 amide bonds. The molecular weight excluding hydrogens is 475 g/mol. The fourth-order valence-corrected chi connectivity index (χ4v) is 3.70. The summed E-state index contributed by atoms with van der Waals surface area (Å²) < 4.78 is 25.9. The summed E-state index contributed by atoms with van der Waals surface area (Å²) in [5.74, 6) is -1.07. The number of Topliss-reactive ketones (excluding diaryl/α,β-unsaturated/α-hetero) is 1. The minimum Gasteiger partial charge on any atom is -0.452 e. The van der Waals surface area contributed by atoms with Gasteiger partial charge in [-0.2, -0.15) is 0 Å². The summed E-state index contributed by atoms with van der Waals surface area (Å²) in [5.41, 5.74) is 1.20. The predicted molar refractivity (Wildman–Crippen MR) is 115 cm³/mol. The molecule has 0 atom stereocenters. The van der Waals surface area contributed by atoms with Crippen molar-refractivity contribution >= 4 is 45.4 Å². The van der Waals surface area contributed by atoms with Crippen molar-refractivity contribution < 1.29 is 23.5 Å². The standard InChI is InChI=1S/C23H13BrClFO4/c1-12-19(30-23(28)13-5-2-3-6-16(13)24)10-9-14-21(27)20(29-22(12)14)11-15-17(25)7-4-8-18(15)26/h2-11H,1H3/b20-11-. The number of ketones is 1. The third-order valence-corrected chi connectivity index (χ3v) is 5.63. The highest BCUT2D eigenvalue weighted by molar-refractivity contribution is 9.10. The largest absolute Gasteiger partial charge is 0.452 e. The molecule has 1 heterocycles. The van der Waals surface area contributed by atoms with Crippen LogP contribution in [0.4, 0.5) is 4.39 Å². The van der Waals surface area contributed by atoms with Crippen LogP contribution in [0.1, 0.15) is 31.8 Å². The monoisotopic (exact) mass is 486 g/mol. The van der Waals surface area contributed by atoms with Gasteiger partial charge in [-0.15, -0.1) is 0 Å². The Balaban J connectivity index is 1.66. The van der Waals surface area contributed by atoms with E-state index in [4.69, 9.17) is 21.1 Å². The molecule has 0 radical (unpaired) electrons. The first-order chi connectivity index (χ1) is 14.4. The summed E-state index contributed by atoms with van der Waals surface area (Å²) in [6, 6.07) is 14.2. The van der Waals surface area contributed by atoms with Gasteiger partial charge in [-0.05, 0) is 65.3 Å². The molecule has 0 saturated heterocycles. The molecule has 0 fully saturated rings. The molecule has 0 saturated carbocycles. The van der Waals surface area contributed by atoms with Gasteiger partial charge in [-0.3, -0.25) is 4.79 Å². The van der Waals surface area contributed by atoms with Gasteiger partial charge in [0.15, 0.2) is 5.76 Å². The summed E-state index contributed by atoms with van der Waals surface area (Å²) in [4.78, 5) is 25.2. The van der Waals surface area contributed by atoms with Crippen molar-refractivity contribution in [3.63, 3.8) is 0 Å². The maximum absolute atomic E-state index is 14.1. The summed E-state index contributed by atoms with van der Waals surface area (Å²) in [6.45, 7) is 1.67. The van der Waals surface area contributed by atoms with Gasteiger partial charge < -0.3 is 9.47 Å². The van der Waals surface area contributed by atoms with E-state index < -0.39 is 17.6 Å². The second kappa shape index (κ2) is 8.05. The summed E-state index contributed by atoms with van der Waals surface area (Å²) in [7, 11) is 0. The second-order valence-electron chi connectivity index (χ2n) is 6.51. The van der Waals surface area contributed by atoms with Crippen LogP contribution in [-0.2, 0) is 0 Å². The molecule has 4 nitrogen and oxygen atoms in total. The van der Waals surface area contributed by atoms with Crippen LogP contribution < -0.4 is 9.47 Å². The molecule has 30 heavy (non-hydrogen) atoms. The molecular formula is C23H13BrClFO4. The third-order valence-electron chi connectivity index (χ3n) is 4.61. The van der Waals surface area contributed by atoms with Gasteiger partial charge in [0, 0.05) is 15.6 Å². The molecule has 7 heteroatoms. The summed E-state index contributed by atoms with van der Waals surface area (Å²) in [5, 5.41) is 0.162. The molecule has 0 spiro atoms. The van der Waals surface area contributed by atoms with Crippen LogP contribution in [0.15, 0.2) is 64.8 Å². The number of allylic oxidation sites excluding steroid dienone is 1. The number of ether oxygens (including phenoxy) is 2. The number of hydrogen-bond donors (Lipinski definition) is 0. The lowest BCUT2D eigenvalue weighted by molar-refractivity contribution is 0.0732. The first-order valence-electron chi connectivity index (χ1n) is 8.85. The zero-order valence-corrected chi connectivity index (χ0v) is 17.9. The van der Waals surface area contributed by atoms with Crippen molar-refractivity contribution in [1.82, 2.24) is 0 Å². The Morgan fingerprint density at radius 3 is 2.63 bits per heavy atom. The molecule has 1 aliphatic rings. The Labute approximate surface area is 185 Å². The van der Waals surface area contributed by atoms with Crippen LogP contribution in [0, 0.1) is 12.7 Å². The lowest BCUT2D eigenvalue weighted by Crippen LogP contribution is -2.10. The number of hydrogen-bond acceptors (Lipinski definition) is 4. The van der Waals surface area contributed by atoms with Crippen LogP contribution in [0.2, 0.25) is 5.02 Å². The van der Waals surface area contributed by atoms with E-state index in [-0.39, 0.29) is 27.8 Å². The predicted octanol–water partition coefficient (Wildman–Crippen LogP) is 6.39. The second-order valence-corrected chi connectivity index (χ2v) is 7.77. The number of benzene rings is 3. The molecule has 3 aromatic rings. The van der Waals surface area contributed by atoms with Gasteiger partial charge in [-0.25, -0.2) is 9.18 Å². The average molecular weight is 488 g/mol. The SMILES string of the molecule is Cc1c(OC(=O)c2ccccc2Br)ccc2c1O/C(=C\c1c(F)cccc1Cl)C2=O. The molecule has 150 valence electrons. The summed E-state index contributed by atoms with van der Waals surface area (Å²) >= 11 is 9.36. The lowest BCUT2D eigenvalue weighted by Gasteiger charge is -2.10. The quantitative estimate of drug-likeness (QED) is 0.244. The first kappa shape index (κ1) is 20.3. The summed E-state index contributed by atoms with van der Waals surface area (Å²) in [6.07, 6.45) is 1.27. The number of carbonyl (C=O) groups excluding carboxylic acids is 2. The fraction of sp³-hybridized carbons (Fsp3) is 0.0435. The van der Waals surface area contributed by atoms with Crippen LogP contribution in [0.5, 0.6) is 11.5 Å². The highest BCUT2D eigenvalue weighted by Crippen LogP contribution is 2.40. The van der Waals surface area contributed by atoms with E-state index in [9.17, 15) is 14.0 Å². The average Bonchev–Trinajstić information content (AvgIpc) is 3.03. The van der Waals surface area contributed by atoms with Gasteiger partial charge in [-0.1, -0.05) is 29.8 Å². The highest BCUT2D eigenvalue weighted by atomic mass is 79.9. The number of carbonyl (C=O) groups is 2. The maximum atomic E-state index is 14.1. The van der Waals surface area contributed by atoms with Crippen LogP contribution in [0.3, 0.4) is 0 Å². The van der Waals surface area contributed by atoms with Crippen molar-refractivity contribution in [2.24, 2.45) is 0 Å². The number of halogens is 3. The number of esters is 1. The Bertz CT molecular complexity index is 1220. The zero-order chi connectivity index (χ0) is 21.4. The van der Waals surface area contributed by atoms with E-state index in [0.29, 0.717) is 21.2 Å². The Kier molecular flexibility index (Phi) is 5.45. The minimum atomic E-state index is -0.567. The maximum Gasteiger partial charge on any atom is 0.344 e. The Morgan fingerprint density at radius 2 is 1.90 bits per heavy atom. The lowest BCUT2D eigenvalue weighted by atomic mass is 10.1. The molecule has 0 N–H and O–H groups in total. The molecule has 1 aliphatic heterocycles. The molecule has 3 aromatic carbocycles. The van der Waals surface area contributed by atoms with Crippen LogP contribution in [0.25, 0.3) is 6.08 Å². The molecule has 4 rings (SSSR count). The highest BCUT2D eigenvalue weighted by Gasteiger charge is 2.31. The van der Waals surface area contributed by atoms with Crippen molar-refractivity contribution in [3.05, 3.63) is 97.9 Å².